The highest BCUT2D eigenvalue weighted by atomic mass is 32.1. The van der Waals surface area contributed by atoms with Crippen LogP contribution in [0.1, 0.15) is 11.1 Å². The van der Waals surface area contributed by atoms with Crippen LogP contribution in [0.2, 0.25) is 0 Å². The highest BCUT2D eigenvalue weighted by molar-refractivity contribution is 7.17. The summed E-state index contributed by atoms with van der Waals surface area (Å²) in [7, 11) is 0. The number of aryl methyl sites for hydroxylation is 1. The second kappa shape index (κ2) is 7.76. The van der Waals surface area contributed by atoms with Crippen LogP contribution in [-0.2, 0) is 11.3 Å². The molecule has 0 atom stereocenters. The number of amides is 1. The van der Waals surface area contributed by atoms with Crippen molar-refractivity contribution in [2.24, 2.45) is 0 Å². The molecule has 1 fully saturated rings. The number of aromatic nitrogens is 2. The second-order valence-corrected chi connectivity index (χ2v) is 8.07. The van der Waals surface area contributed by atoms with E-state index in [0.29, 0.717) is 19.7 Å². The van der Waals surface area contributed by atoms with Gasteiger partial charge < -0.3 is 10.1 Å². The summed E-state index contributed by atoms with van der Waals surface area (Å²) in [5.41, 5.74) is 5.42. The number of carbonyl (C=O) groups is 1. The zero-order valence-electron chi connectivity index (χ0n) is 16.5. The summed E-state index contributed by atoms with van der Waals surface area (Å²) in [6.07, 6.45) is 1.30. The average Bonchev–Trinajstić information content (AvgIpc) is 3.40. The number of anilines is 2. The molecule has 3 heterocycles. The molecule has 1 saturated heterocycles. The van der Waals surface area contributed by atoms with Crippen LogP contribution >= 0.6 is 11.3 Å². The summed E-state index contributed by atoms with van der Waals surface area (Å²) in [4.78, 5) is 23.4. The van der Waals surface area contributed by atoms with Gasteiger partial charge in [-0.25, -0.2) is 14.8 Å². The van der Waals surface area contributed by atoms with Gasteiger partial charge in [-0.05, 0) is 30.2 Å². The fraction of sp³-hybridized carbons (Fsp3) is 0.174. The minimum atomic E-state index is -0.293. The van der Waals surface area contributed by atoms with Crippen molar-refractivity contribution in [3.8, 4) is 11.1 Å². The quantitative estimate of drug-likeness (QED) is 0.482. The Kier molecular flexibility index (Phi) is 4.80. The predicted molar refractivity (Wildman–Crippen MR) is 120 cm³/mol. The molecule has 0 unspecified atom stereocenters. The van der Waals surface area contributed by atoms with Crippen molar-refractivity contribution in [3.63, 3.8) is 0 Å². The fourth-order valence-corrected chi connectivity index (χ4v) is 4.52. The van der Waals surface area contributed by atoms with Crippen LogP contribution in [0.5, 0.6) is 0 Å². The number of nitrogens with one attached hydrogen (secondary N) is 1. The lowest BCUT2D eigenvalue weighted by Crippen LogP contribution is -2.23. The summed E-state index contributed by atoms with van der Waals surface area (Å²) in [5, 5.41) is 6.63. The molecular formula is C23H20N4O2S. The smallest absolute Gasteiger partial charge is 0.414 e. The number of fused-ring (bicyclic) bond motifs is 1. The summed E-state index contributed by atoms with van der Waals surface area (Å²) in [5.74, 6) is 0.808. The van der Waals surface area contributed by atoms with Crippen LogP contribution < -0.4 is 10.2 Å². The largest absolute Gasteiger partial charge is 0.447 e. The molecule has 0 saturated carbocycles. The lowest BCUT2D eigenvalue weighted by Gasteiger charge is -2.14. The van der Waals surface area contributed by atoms with Gasteiger partial charge in [-0.15, -0.1) is 11.3 Å². The number of nitrogens with zero attached hydrogens (tertiary/aromatic N) is 3. The Balaban J connectivity index is 1.43. The molecule has 4 aromatic rings. The zero-order chi connectivity index (χ0) is 20.5. The van der Waals surface area contributed by atoms with Crippen molar-refractivity contribution >= 4 is 39.2 Å². The van der Waals surface area contributed by atoms with Crippen LogP contribution in [0.4, 0.5) is 16.3 Å². The molecule has 1 aliphatic heterocycles. The monoisotopic (exact) mass is 416 g/mol. The van der Waals surface area contributed by atoms with E-state index in [0.717, 1.165) is 38.4 Å². The summed E-state index contributed by atoms with van der Waals surface area (Å²) < 4.78 is 5.05. The van der Waals surface area contributed by atoms with Crippen molar-refractivity contribution in [2.45, 2.75) is 13.5 Å². The number of carbonyl (C=O) groups excluding carboxylic acids is 1. The van der Waals surface area contributed by atoms with Gasteiger partial charge in [0.25, 0.3) is 0 Å². The molecule has 0 radical (unpaired) electrons. The van der Waals surface area contributed by atoms with Gasteiger partial charge >= 0.3 is 6.09 Å². The van der Waals surface area contributed by atoms with Gasteiger partial charge in [0, 0.05) is 23.2 Å². The van der Waals surface area contributed by atoms with E-state index in [4.69, 9.17) is 4.74 Å². The first-order valence-corrected chi connectivity index (χ1v) is 10.6. The van der Waals surface area contributed by atoms with Gasteiger partial charge in [0.1, 0.15) is 23.6 Å². The lowest BCUT2D eigenvalue weighted by atomic mass is 10.0. The van der Waals surface area contributed by atoms with E-state index in [1.54, 1.807) is 22.6 Å². The van der Waals surface area contributed by atoms with E-state index in [1.807, 2.05) is 24.3 Å². The first kappa shape index (κ1) is 18.6. The number of hydrogen-bond donors (Lipinski definition) is 1. The Bertz CT molecular complexity index is 1220. The van der Waals surface area contributed by atoms with Crippen molar-refractivity contribution in [2.75, 3.05) is 23.4 Å². The van der Waals surface area contributed by atoms with Gasteiger partial charge in [-0.1, -0.05) is 42.0 Å². The Morgan fingerprint density at radius 3 is 2.83 bits per heavy atom. The second-order valence-electron chi connectivity index (χ2n) is 7.21. The predicted octanol–water partition coefficient (Wildman–Crippen LogP) is 5.24. The molecule has 0 aliphatic carbocycles. The van der Waals surface area contributed by atoms with Crippen molar-refractivity contribution < 1.29 is 9.53 Å². The molecule has 1 amide bonds. The summed E-state index contributed by atoms with van der Waals surface area (Å²) in [6, 6.07) is 16.4. The van der Waals surface area contributed by atoms with Gasteiger partial charge in [0.05, 0.1) is 11.9 Å². The zero-order valence-corrected chi connectivity index (χ0v) is 17.3. The summed E-state index contributed by atoms with van der Waals surface area (Å²) >= 11 is 1.62. The molecule has 1 N–H and O–H groups in total. The molecule has 150 valence electrons. The molecule has 2 aromatic heterocycles. The molecule has 1 aliphatic rings. The van der Waals surface area contributed by atoms with Crippen molar-refractivity contribution in [1.82, 2.24) is 9.97 Å². The van der Waals surface area contributed by atoms with Crippen LogP contribution in [0, 0.1) is 6.92 Å². The minimum absolute atomic E-state index is 0.293. The Labute approximate surface area is 178 Å². The molecular weight excluding hydrogens is 396 g/mol. The van der Waals surface area contributed by atoms with Gasteiger partial charge in [-0.2, -0.15) is 0 Å². The number of ether oxygens (including phenoxy) is 1. The number of cyclic esters (lactones) is 1. The molecule has 6 nitrogen and oxygen atoms in total. The number of benzene rings is 2. The van der Waals surface area contributed by atoms with Crippen LogP contribution in [0.25, 0.3) is 21.3 Å². The number of thiophene rings is 1. The van der Waals surface area contributed by atoms with Crippen molar-refractivity contribution in [1.29, 1.82) is 0 Å². The first-order valence-electron chi connectivity index (χ1n) is 9.75. The molecule has 0 spiro atoms. The maximum atomic E-state index is 11.8. The van der Waals surface area contributed by atoms with E-state index in [-0.39, 0.29) is 6.09 Å². The number of hydrogen-bond acceptors (Lipinski definition) is 6. The highest BCUT2D eigenvalue weighted by Gasteiger charge is 2.23. The Morgan fingerprint density at radius 2 is 2.03 bits per heavy atom. The normalized spacial score (nSPS) is 13.6. The SMILES string of the molecule is Cc1ccc(-c2csc3ncnc(NCc4cccc(N5CCOC5=O)c4)c23)cc1. The molecule has 0 bridgehead atoms. The Hall–Kier alpha value is -3.45. The third-order valence-corrected chi connectivity index (χ3v) is 6.06. The third kappa shape index (κ3) is 3.48. The van der Waals surface area contributed by atoms with E-state index in [2.05, 4.69) is 51.9 Å². The summed E-state index contributed by atoms with van der Waals surface area (Å²) in [6.45, 7) is 3.69. The van der Waals surface area contributed by atoms with E-state index in [9.17, 15) is 4.79 Å². The van der Waals surface area contributed by atoms with E-state index >= 15 is 0 Å². The fourth-order valence-electron chi connectivity index (χ4n) is 3.60. The van der Waals surface area contributed by atoms with Gasteiger partial charge in [-0.3, -0.25) is 4.90 Å². The Morgan fingerprint density at radius 1 is 1.17 bits per heavy atom. The van der Waals surface area contributed by atoms with Crippen LogP contribution in [0.15, 0.2) is 60.2 Å². The molecule has 2 aromatic carbocycles. The maximum Gasteiger partial charge on any atom is 0.414 e. The molecule has 5 rings (SSSR count). The van der Waals surface area contributed by atoms with Gasteiger partial charge in [0.2, 0.25) is 0 Å². The molecule has 7 heteroatoms. The van der Waals surface area contributed by atoms with E-state index < -0.39 is 0 Å². The minimum Gasteiger partial charge on any atom is -0.447 e. The lowest BCUT2D eigenvalue weighted by molar-refractivity contribution is 0.181. The highest BCUT2D eigenvalue weighted by Crippen LogP contribution is 2.36. The topological polar surface area (TPSA) is 67.3 Å². The van der Waals surface area contributed by atoms with Crippen LogP contribution in [0.3, 0.4) is 0 Å². The van der Waals surface area contributed by atoms with Gasteiger partial charge in [0.15, 0.2) is 0 Å². The standard InChI is InChI=1S/C23H20N4O2S/c1-15-5-7-17(8-6-15)19-13-30-22-20(19)21(25-14-26-22)24-12-16-3-2-4-18(11-16)27-9-10-29-23(27)28/h2-8,11,13-14H,9-10,12H2,1H3,(H,24,25,26). The third-order valence-electron chi connectivity index (χ3n) is 5.18. The first-order chi connectivity index (χ1) is 14.7. The van der Waals surface area contributed by atoms with E-state index in [1.165, 1.54) is 5.56 Å². The van der Waals surface area contributed by atoms with Crippen LogP contribution in [-0.4, -0.2) is 29.2 Å². The molecule has 30 heavy (non-hydrogen) atoms. The maximum absolute atomic E-state index is 11.8. The average molecular weight is 417 g/mol. The number of rotatable bonds is 5. The van der Waals surface area contributed by atoms with Crippen molar-refractivity contribution in [3.05, 3.63) is 71.4 Å².